The molecule has 7 nitrogen and oxygen atoms in total. The van der Waals surface area contributed by atoms with Crippen molar-refractivity contribution < 1.29 is 9.47 Å². The number of fused-ring (bicyclic) bond motifs is 1. The van der Waals surface area contributed by atoms with Crippen molar-refractivity contribution in [1.82, 2.24) is 19.7 Å². The molecule has 0 spiro atoms. The number of ether oxygens (including phenoxy) is 2. The first-order valence-electron chi connectivity index (χ1n) is 6.91. The van der Waals surface area contributed by atoms with Crippen LogP contribution in [-0.4, -0.2) is 34.0 Å². The Balaban J connectivity index is 2.23. The van der Waals surface area contributed by atoms with Gasteiger partial charge in [-0.05, 0) is 30.7 Å². The van der Waals surface area contributed by atoms with Gasteiger partial charge in [0.15, 0.2) is 11.5 Å². The molecule has 1 N–H and O–H groups in total. The zero-order chi connectivity index (χ0) is 16.6. The molecule has 0 atom stereocenters. The first kappa shape index (κ1) is 14.8. The Bertz CT molecular complexity index is 1000. The van der Waals surface area contributed by atoms with Gasteiger partial charge in [0.05, 0.1) is 25.3 Å². The average Bonchev–Trinajstić information content (AvgIpc) is 2.83. The second kappa shape index (κ2) is 5.60. The number of aromatic nitrogens is 4. The van der Waals surface area contributed by atoms with Crippen molar-refractivity contribution in [2.24, 2.45) is 0 Å². The fraction of sp³-hybridized carbons (Fsp3) is 0.188. The van der Waals surface area contributed by atoms with Crippen LogP contribution in [0.4, 0.5) is 0 Å². The number of rotatable bonds is 3. The Kier molecular flexibility index (Phi) is 3.61. The molecule has 2 aliphatic rings. The van der Waals surface area contributed by atoms with E-state index in [1.807, 2.05) is 6.07 Å². The molecule has 3 rings (SSSR count). The summed E-state index contributed by atoms with van der Waals surface area (Å²) in [5.74, 6) is 1.51. The lowest BCUT2D eigenvalue weighted by Gasteiger charge is -2.07. The minimum absolute atomic E-state index is 0.312. The highest BCUT2D eigenvalue weighted by molar-refractivity contribution is 5.55. The van der Waals surface area contributed by atoms with E-state index in [0.29, 0.717) is 33.8 Å². The summed E-state index contributed by atoms with van der Waals surface area (Å²) in [4.78, 5) is 20.3. The molecule has 23 heavy (non-hydrogen) atoms. The van der Waals surface area contributed by atoms with Gasteiger partial charge in [-0.2, -0.15) is 4.98 Å². The van der Waals surface area contributed by atoms with Crippen LogP contribution in [-0.2, 0) is 0 Å². The van der Waals surface area contributed by atoms with Crippen molar-refractivity contribution in [2.75, 3.05) is 14.2 Å². The summed E-state index contributed by atoms with van der Waals surface area (Å²) in [6.07, 6.45) is 1.71. The first-order valence-corrected chi connectivity index (χ1v) is 6.91. The van der Waals surface area contributed by atoms with Gasteiger partial charge >= 0.3 is 0 Å². The van der Waals surface area contributed by atoms with Crippen LogP contribution in [0.15, 0.2) is 23.0 Å². The van der Waals surface area contributed by atoms with E-state index in [2.05, 4.69) is 21.6 Å². The Morgan fingerprint density at radius 1 is 1.22 bits per heavy atom. The maximum Gasteiger partial charge on any atom is 0.299 e. The number of nitrogens with zero attached hydrogens (tertiary/aromatic N) is 3. The third kappa shape index (κ3) is 2.57. The summed E-state index contributed by atoms with van der Waals surface area (Å²) in [7, 11) is 3.13. The zero-order valence-electron chi connectivity index (χ0n) is 13.1. The molecule has 0 aromatic heterocycles. The highest BCUT2D eigenvalue weighted by atomic mass is 16.5. The molecule has 0 saturated heterocycles. The zero-order valence-corrected chi connectivity index (χ0v) is 13.1. The summed E-state index contributed by atoms with van der Waals surface area (Å²) in [6.45, 7) is 5.66. The predicted molar refractivity (Wildman–Crippen MR) is 85.8 cm³/mol. The lowest BCUT2D eigenvalue weighted by molar-refractivity contribution is 0.355. The molecule has 0 amide bonds. The van der Waals surface area contributed by atoms with Gasteiger partial charge in [-0.3, -0.25) is 9.89 Å². The van der Waals surface area contributed by atoms with Crippen LogP contribution in [0.3, 0.4) is 0 Å². The van der Waals surface area contributed by atoms with E-state index < -0.39 is 0 Å². The number of methoxy groups -OCH3 is 2. The molecule has 2 aliphatic heterocycles. The number of H-pyrrole nitrogens is 1. The van der Waals surface area contributed by atoms with Crippen LogP contribution in [0.5, 0.6) is 11.5 Å². The summed E-state index contributed by atoms with van der Waals surface area (Å²) in [5, 5.41) is 4.00. The van der Waals surface area contributed by atoms with Gasteiger partial charge in [0.1, 0.15) is 5.35 Å². The topological polar surface area (TPSA) is 82.0 Å². The van der Waals surface area contributed by atoms with Crippen LogP contribution >= 0.6 is 0 Å². The number of aryl methyl sites for hydroxylation is 1. The summed E-state index contributed by atoms with van der Waals surface area (Å²) >= 11 is 0. The van der Waals surface area contributed by atoms with Gasteiger partial charge in [-0.1, -0.05) is 12.6 Å². The van der Waals surface area contributed by atoms with E-state index in [4.69, 9.17) is 9.47 Å². The number of hydrogen-bond donors (Lipinski definition) is 1. The Morgan fingerprint density at radius 2 is 1.96 bits per heavy atom. The van der Waals surface area contributed by atoms with Gasteiger partial charge in [-0.15, -0.1) is 0 Å². The second-order valence-corrected chi connectivity index (χ2v) is 4.98. The molecule has 0 aliphatic carbocycles. The van der Waals surface area contributed by atoms with E-state index in [9.17, 15) is 4.79 Å². The van der Waals surface area contributed by atoms with Crippen molar-refractivity contribution in [1.29, 1.82) is 0 Å². The van der Waals surface area contributed by atoms with Gasteiger partial charge in [-0.25, -0.2) is 9.67 Å². The first-order chi connectivity index (χ1) is 11.0. The highest BCUT2D eigenvalue weighted by Crippen LogP contribution is 2.27. The molecule has 0 bridgehead atoms. The smallest absolute Gasteiger partial charge is 0.299 e. The molecule has 7 heteroatoms. The predicted octanol–water partition coefficient (Wildman–Crippen LogP) is -0.0419. The maximum atomic E-state index is 12.1. The monoisotopic (exact) mass is 312 g/mol. The fourth-order valence-electron chi connectivity index (χ4n) is 2.25. The number of imidazole rings is 1. The van der Waals surface area contributed by atoms with Crippen molar-refractivity contribution in [3.05, 3.63) is 50.5 Å². The Hall–Kier alpha value is -3.09. The van der Waals surface area contributed by atoms with Crippen molar-refractivity contribution in [2.45, 2.75) is 6.92 Å². The number of nitrogens with one attached hydrogen (secondary N) is 1. The normalized spacial score (nSPS) is 11.9. The minimum atomic E-state index is -0.367. The largest absolute Gasteiger partial charge is 0.493 e. The second-order valence-electron chi connectivity index (χ2n) is 4.98. The summed E-state index contributed by atoms with van der Waals surface area (Å²) in [6, 6.07) is 5.38. The molecular formula is C16H16N4O3. The van der Waals surface area contributed by atoms with Crippen LogP contribution in [0.2, 0.25) is 0 Å². The summed E-state index contributed by atoms with van der Waals surface area (Å²) in [5.41, 5.74) is 1.11. The molecule has 1 aromatic carbocycles. The Labute approximate surface area is 131 Å². The molecule has 118 valence electrons. The molecule has 0 fully saturated rings. The number of aromatic amines is 1. The van der Waals surface area contributed by atoms with Gasteiger partial charge in [0.2, 0.25) is 0 Å². The van der Waals surface area contributed by atoms with Crippen molar-refractivity contribution in [3.63, 3.8) is 0 Å². The molecule has 0 radical (unpaired) electrons. The average molecular weight is 312 g/mol. The lowest BCUT2D eigenvalue weighted by Crippen LogP contribution is -2.32. The van der Waals surface area contributed by atoms with E-state index in [-0.39, 0.29) is 5.56 Å². The van der Waals surface area contributed by atoms with Crippen molar-refractivity contribution in [3.8, 4) is 17.4 Å². The van der Waals surface area contributed by atoms with Crippen LogP contribution in [0.1, 0.15) is 11.3 Å². The number of hydrogen-bond acceptors (Lipinski definition) is 5. The van der Waals surface area contributed by atoms with E-state index >= 15 is 0 Å². The van der Waals surface area contributed by atoms with E-state index in [0.717, 1.165) is 5.56 Å². The molecular weight excluding hydrogens is 296 g/mol. The van der Waals surface area contributed by atoms with Gasteiger partial charge in [0.25, 0.3) is 11.5 Å². The molecule has 2 heterocycles. The van der Waals surface area contributed by atoms with Crippen molar-refractivity contribution >= 4 is 12.7 Å². The fourth-order valence-corrected chi connectivity index (χ4v) is 2.25. The molecule has 0 saturated carbocycles. The van der Waals surface area contributed by atoms with E-state index in [1.54, 1.807) is 39.4 Å². The number of benzene rings is 1. The molecule has 1 aromatic rings. The SMILES string of the molecule is C=c1[nH]n2/c(=C/c3ccc(OC)c(OC)c3)c(=O)nc-2nc1C. The van der Waals surface area contributed by atoms with Crippen LogP contribution in [0.25, 0.3) is 18.6 Å². The third-order valence-electron chi connectivity index (χ3n) is 3.52. The highest BCUT2D eigenvalue weighted by Gasteiger charge is 2.12. The summed E-state index contributed by atoms with van der Waals surface area (Å²) < 4.78 is 12.0. The van der Waals surface area contributed by atoms with Crippen LogP contribution in [0, 0.1) is 6.92 Å². The standard InChI is InChI=1S/C16H16N4O3/c1-9-10(2)19-20-12(15(21)18-16(20)17-9)7-11-5-6-13(22-3)14(8-11)23-4/h5-8,19H,2H2,1,3-4H3/b12-7+. The van der Waals surface area contributed by atoms with E-state index in [1.165, 1.54) is 4.68 Å². The Morgan fingerprint density at radius 3 is 2.65 bits per heavy atom. The maximum absolute atomic E-state index is 12.1. The van der Waals surface area contributed by atoms with Gasteiger partial charge < -0.3 is 9.47 Å². The quantitative estimate of drug-likeness (QED) is 0.734. The third-order valence-corrected chi connectivity index (χ3v) is 3.52. The lowest BCUT2D eigenvalue weighted by atomic mass is 10.2. The molecule has 0 unspecified atom stereocenters. The van der Waals surface area contributed by atoms with Gasteiger partial charge in [0, 0.05) is 0 Å². The minimum Gasteiger partial charge on any atom is -0.493 e. The van der Waals surface area contributed by atoms with Crippen LogP contribution < -0.4 is 25.7 Å².